The quantitative estimate of drug-likeness (QED) is 0.534. The van der Waals surface area contributed by atoms with Crippen molar-refractivity contribution in [3.05, 3.63) is 24.7 Å². The zero-order valence-corrected chi connectivity index (χ0v) is 11.6. The number of nitrogens with one attached hydrogen (secondary N) is 1. The molecule has 0 spiro atoms. The van der Waals surface area contributed by atoms with E-state index in [0.29, 0.717) is 11.7 Å². The molecular weight excluding hydrogens is 258 g/mol. The van der Waals surface area contributed by atoms with Crippen LogP contribution in [-0.2, 0) is 0 Å². The van der Waals surface area contributed by atoms with E-state index in [0.717, 1.165) is 32.2 Å². The zero-order valence-electron chi connectivity index (χ0n) is 11.6. The standard InChI is InChI=1S/C13H23N5O2/c1-10-16-12(17-13(15)20)6-8-18(10)7-2-4-11(14)5-3-9-19/h6,8,11,19H,1-5,7,9,14H2,(H3,15,16,17,20)/t11-/m1/s1. The van der Waals surface area contributed by atoms with E-state index >= 15 is 0 Å². The molecule has 1 heterocycles. The summed E-state index contributed by atoms with van der Waals surface area (Å²) in [6, 6.07) is -0.538. The van der Waals surface area contributed by atoms with E-state index in [-0.39, 0.29) is 12.6 Å². The summed E-state index contributed by atoms with van der Waals surface area (Å²) in [5.74, 6) is 0.943. The Hall–Kier alpha value is -1.86. The molecule has 0 radical (unpaired) electrons. The number of nitrogens with two attached hydrogens (primary N) is 2. The molecule has 20 heavy (non-hydrogen) atoms. The number of urea groups is 1. The summed E-state index contributed by atoms with van der Waals surface area (Å²) in [5, 5.41) is 11.1. The number of carbonyl (C=O) groups excluding carboxylic acids is 1. The molecule has 1 aliphatic rings. The van der Waals surface area contributed by atoms with Crippen molar-refractivity contribution in [2.24, 2.45) is 16.5 Å². The molecule has 0 bridgehead atoms. The molecule has 7 heteroatoms. The number of hydrogen-bond donors (Lipinski definition) is 4. The molecule has 0 fully saturated rings. The van der Waals surface area contributed by atoms with Crippen LogP contribution in [0.15, 0.2) is 29.7 Å². The summed E-state index contributed by atoms with van der Waals surface area (Å²) in [4.78, 5) is 16.7. The van der Waals surface area contributed by atoms with Gasteiger partial charge in [0.2, 0.25) is 0 Å². The number of amidine groups is 1. The molecule has 6 N–H and O–H groups in total. The number of amides is 2. The van der Waals surface area contributed by atoms with E-state index in [1.54, 1.807) is 12.3 Å². The summed E-state index contributed by atoms with van der Waals surface area (Å²) in [6.45, 7) is 4.77. The van der Waals surface area contributed by atoms with E-state index in [4.69, 9.17) is 16.6 Å². The average molecular weight is 281 g/mol. The molecule has 7 nitrogen and oxygen atoms in total. The maximum Gasteiger partial charge on any atom is 0.317 e. The van der Waals surface area contributed by atoms with Crippen molar-refractivity contribution in [2.75, 3.05) is 13.2 Å². The van der Waals surface area contributed by atoms with Crippen LogP contribution in [0.5, 0.6) is 0 Å². The molecule has 1 rings (SSSR count). The van der Waals surface area contributed by atoms with Crippen molar-refractivity contribution in [3.63, 3.8) is 0 Å². The molecule has 0 aromatic heterocycles. The third-order valence-electron chi connectivity index (χ3n) is 2.95. The van der Waals surface area contributed by atoms with Gasteiger partial charge in [-0.05, 0) is 31.8 Å². The summed E-state index contributed by atoms with van der Waals surface area (Å²) in [7, 11) is 0. The highest BCUT2D eigenvalue weighted by Crippen LogP contribution is 2.12. The number of aliphatic hydroxyl groups excluding tert-OH is 1. The van der Waals surface area contributed by atoms with Crippen molar-refractivity contribution in [1.29, 1.82) is 0 Å². The van der Waals surface area contributed by atoms with Gasteiger partial charge in [-0.2, -0.15) is 0 Å². The SMILES string of the molecule is C=C1N=C(NC(N)=O)C=CN1CCC[C@@H](N)CCCO. The van der Waals surface area contributed by atoms with Gasteiger partial charge in [0, 0.05) is 25.4 Å². The Balaban J connectivity index is 2.30. The molecule has 1 aliphatic heterocycles. The molecule has 2 amide bonds. The number of rotatable bonds is 7. The molecule has 0 aliphatic carbocycles. The molecule has 112 valence electrons. The van der Waals surface area contributed by atoms with E-state index < -0.39 is 6.03 Å². The van der Waals surface area contributed by atoms with E-state index in [2.05, 4.69) is 16.9 Å². The Bertz CT molecular complexity index is 406. The predicted octanol–water partition coefficient (Wildman–Crippen LogP) is 0.234. The smallest absolute Gasteiger partial charge is 0.317 e. The fourth-order valence-corrected chi connectivity index (χ4v) is 1.91. The van der Waals surface area contributed by atoms with Crippen LogP contribution in [-0.4, -0.2) is 41.1 Å². The molecule has 1 atom stereocenters. The first kappa shape index (κ1) is 16.2. The Labute approximate surface area is 119 Å². The minimum absolute atomic E-state index is 0.111. The van der Waals surface area contributed by atoms with Crippen LogP contribution in [0, 0.1) is 0 Å². The second-order valence-corrected chi connectivity index (χ2v) is 4.68. The Morgan fingerprint density at radius 3 is 2.80 bits per heavy atom. The number of aliphatic imine (C=N–C) groups is 1. The molecule has 0 aromatic carbocycles. The zero-order chi connectivity index (χ0) is 15.0. The maximum absolute atomic E-state index is 10.7. The number of hydrogen-bond acceptors (Lipinski definition) is 5. The highest BCUT2D eigenvalue weighted by molar-refractivity contribution is 6.04. The highest BCUT2D eigenvalue weighted by Gasteiger charge is 2.11. The van der Waals surface area contributed by atoms with Gasteiger partial charge in [-0.15, -0.1) is 0 Å². The van der Waals surface area contributed by atoms with Crippen LogP contribution in [0.3, 0.4) is 0 Å². The first-order valence-corrected chi connectivity index (χ1v) is 6.68. The van der Waals surface area contributed by atoms with Crippen LogP contribution < -0.4 is 16.8 Å². The lowest BCUT2D eigenvalue weighted by atomic mass is 10.1. The van der Waals surface area contributed by atoms with Gasteiger partial charge in [-0.1, -0.05) is 6.58 Å². The predicted molar refractivity (Wildman–Crippen MR) is 78.7 cm³/mol. The van der Waals surface area contributed by atoms with Gasteiger partial charge in [0.1, 0.15) is 11.7 Å². The van der Waals surface area contributed by atoms with Gasteiger partial charge in [0.05, 0.1) is 0 Å². The monoisotopic (exact) mass is 281 g/mol. The fraction of sp³-hybridized carbons (Fsp3) is 0.538. The average Bonchev–Trinajstić information content (AvgIpc) is 2.38. The van der Waals surface area contributed by atoms with E-state index in [1.165, 1.54) is 0 Å². The summed E-state index contributed by atoms with van der Waals surface area (Å²) in [6.07, 6.45) is 6.84. The highest BCUT2D eigenvalue weighted by atomic mass is 16.2. The van der Waals surface area contributed by atoms with Gasteiger partial charge in [0.15, 0.2) is 0 Å². The van der Waals surface area contributed by atoms with E-state index in [9.17, 15) is 4.79 Å². The largest absolute Gasteiger partial charge is 0.396 e. The fourth-order valence-electron chi connectivity index (χ4n) is 1.91. The Morgan fingerprint density at radius 2 is 2.20 bits per heavy atom. The third kappa shape index (κ3) is 5.85. The van der Waals surface area contributed by atoms with Crippen LogP contribution in [0.4, 0.5) is 4.79 Å². The number of aliphatic hydroxyl groups is 1. The molecule has 0 aromatic rings. The van der Waals surface area contributed by atoms with Crippen LogP contribution in [0.1, 0.15) is 25.7 Å². The van der Waals surface area contributed by atoms with Crippen molar-refractivity contribution in [2.45, 2.75) is 31.7 Å². The number of primary amides is 1. The second kappa shape index (κ2) is 8.34. The first-order valence-electron chi connectivity index (χ1n) is 6.68. The van der Waals surface area contributed by atoms with Gasteiger partial charge in [-0.3, -0.25) is 5.32 Å². The van der Waals surface area contributed by atoms with Gasteiger partial charge in [-0.25, -0.2) is 9.79 Å². The minimum atomic E-state index is -0.649. The summed E-state index contributed by atoms with van der Waals surface area (Å²) in [5.41, 5.74) is 10.9. The van der Waals surface area contributed by atoms with Gasteiger partial charge < -0.3 is 21.5 Å². The molecule has 0 saturated carbocycles. The lowest BCUT2D eigenvalue weighted by Gasteiger charge is -2.24. The first-order chi connectivity index (χ1) is 9.52. The summed E-state index contributed by atoms with van der Waals surface area (Å²) < 4.78 is 0. The lowest BCUT2D eigenvalue weighted by Crippen LogP contribution is -2.36. The van der Waals surface area contributed by atoms with Crippen molar-refractivity contribution >= 4 is 11.9 Å². The lowest BCUT2D eigenvalue weighted by molar-refractivity contribution is 0.253. The van der Waals surface area contributed by atoms with Gasteiger partial charge >= 0.3 is 6.03 Å². The molecule has 0 unspecified atom stereocenters. The Morgan fingerprint density at radius 1 is 1.50 bits per heavy atom. The maximum atomic E-state index is 10.7. The Kier molecular flexibility index (Phi) is 6.75. The second-order valence-electron chi connectivity index (χ2n) is 4.68. The normalized spacial score (nSPS) is 16.0. The molecular formula is C13H23N5O2. The van der Waals surface area contributed by atoms with Crippen molar-refractivity contribution in [3.8, 4) is 0 Å². The van der Waals surface area contributed by atoms with Crippen LogP contribution in [0.25, 0.3) is 0 Å². The van der Waals surface area contributed by atoms with E-state index in [1.807, 2.05) is 4.90 Å². The van der Waals surface area contributed by atoms with Crippen LogP contribution in [0.2, 0.25) is 0 Å². The third-order valence-corrected chi connectivity index (χ3v) is 2.95. The summed E-state index contributed by atoms with van der Waals surface area (Å²) >= 11 is 0. The van der Waals surface area contributed by atoms with Gasteiger partial charge in [0.25, 0.3) is 0 Å². The molecule has 0 saturated heterocycles. The van der Waals surface area contributed by atoms with Crippen molar-refractivity contribution < 1.29 is 9.90 Å². The van der Waals surface area contributed by atoms with Crippen LogP contribution >= 0.6 is 0 Å². The topological polar surface area (TPSA) is 117 Å². The number of carbonyl (C=O) groups is 1. The number of nitrogens with zero attached hydrogens (tertiary/aromatic N) is 2. The van der Waals surface area contributed by atoms with Crippen molar-refractivity contribution in [1.82, 2.24) is 10.2 Å². The minimum Gasteiger partial charge on any atom is -0.396 e.